The highest BCUT2D eigenvalue weighted by atomic mass is 32.1. The standard InChI is InChI=1S/C16H17NOS/c1-12(18)11-13-7-5-6-10-15(13)16(19)17-14-8-3-2-4-9-14/h2-10,12,18H,11H2,1H3,(H,17,19). The molecule has 0 spiro atoms. The zero-order valence-corrected chi connectivity index (χ0v) is 11.7. The Labute approximate surface area is 119 Å². The first-order chi connectivity index (χ1) is 9.16. The maximum atomic E-state index is 9.54. The summed E-state index contributed by atoms with van der Waals surface area (Å²) < 4.78 is 0. The SMILES string of the molecule is CC(O)Cc1ccccc1C(=S)Nc1ccccc1. The lowest BCUT2D eigenvalue weighted by Gasteiger charge is -2.13. The molecule has 19 heavy (non-hydrogen) atoms. The average molecular weight is 271 g/mol. The van der Waals surface area contributed by atoms with Crippen LogP contribution in [0.2, 0.25) is 0 Å². The largest absolute Gasteiger partial charge is 0.393 e. The van der Waals surface area contributed by atoms with Gasteiger partial charge in [0.2, 0.25) is 0 Å². The summed E-state index contributed by atoms with van der Waals surface area (Å²) in [7, 11) is 0. The lowest BCUT2D eigenvalue weighted by Crippen LogP contribution is -2.15. The van der Waals surface area contributed by atoms with Gasteiger partial charge in [0.25, 0.3) is 0 Å². The minimum Gasteiger partial charge on any atom is -0.393 e. The molecule has 3 heteroatoms. The summed E-state index contributed by atoms with van der Waals surface area (Å²) in [6.07, 6.45) is 0.230. The van der Waals surface area contributed by atoms with Crippen molar-refractivity contribution in [3.63, 3.8) is 0 Å². The molecule has 0 aliphatic heterocycles. The molecule has 0 amide bonds. The van der Waals surface area contributed by atoms with Crippen molar-refractivity contribution in [1.29, 1.82) is 0 Å². The summed E-state index contributed by atoms with van der Waals surface area (Å²) in [5, 5.41) is 12.8. The molecule has 2 aromatic carbocycles. The van der Waals surface area contributed by atoms with Gasteiger partial charge in [0.15, 0.2) is 0 Å². The van der Waals surface area contributed by atoms with Crippen LogP contribution in [0.1, 0.15) is 18.1 Å². The predicted octanol–water partition coefficient (Wildman–Crippen LogP) is 3.40. The average Bonchev–Trinajstić information content (AvgIpc) is 2.39. The van der Waals surface area contributed by atoms with E-state index in [1.807, 2.05) is 54.6 Å². The highest BCUT2D eigenvalue weighted by Gasteiger charge is 2.09. The fraction of sp³-hybridized carbons (Fsp3) is 0.188. The first-order valence-electron chi connectivity index (χ1n) is 6.29. The fourth-order valence-corrected chi connectivity index (χ4v) is 2.27. The smallest absolute Gasteiger partial charge is 0.111 e. The summed E-state index contributed by atoms with van der Waals surface area (Å²) >= 11 is 5.45. The first kappa shape index (κ1) is 13.7. The van der Waals surface area contributed by atoms with Crippen molar-refractivity contribution in [3.8, 4) is 0 Å². The summed E-state index contributed by atoms with van der Waals surface area (Å²) in [6, 6.07) is 17.8. The van der Waals surface area contributed by atoms with Gasteiger partial charge >= 0.3 is 0 Å². The van der Waals surface area contributed by atoms with Gasteiger partial charge in [-0.2, -0.15) is 0 Å². The van der Waals surface area contributed by atoms with E-state index in [0.29, 0.717) is 11.4 Å². The molecule has 2 N–H and O–H groups in total. The Balaban J connectivity index is 2.19. The molecule has 1 unspecified atom stereocenters. The number of aliphatic hydroxyl groups is 1. The van der Waals surface area contributed by atoms with Crippen LogP contribution in [-0.4, -0.2) is 16.2 Å². The van der Waals surface area contributed by atoms with Gasteiger partial charge in [-0.25, -0.2) is 0 Å². The van der Waals surface area contributed by atoms with Gasteiger partial charge in [-0.15, -0.1) is 0 Å². The molecule has 1 atom stereocenters. The van der Waals surface area contributed by atoms with Crippen LogP contribution in [0, 0.1) is 0 Å². The topological polar surface area (TPSA) is 32.3 Å². The van der Waals surface area contributed by atoms with E-state index in [1.54, 1.807) is 6.92 Å². The van der Waals surface area contributed by atoms with Crippen molar-refractivity contribution < 1.29 is 5.11 Å². The van der Waals surface area contributed by atoms with Crippen LogP contribution in [0.3, 0.4) is 0 Å². The van der Waals surface area contributed by atoms with Crippen LogP contribution < -0.4 is 5.32 Å². The van der Waals surface area contributed by atoms with Crippen LogP contribution in [-0.2, 0) is 6.42 Å². The third-order valence-electron chi connectivity index (χ3n) is 2.81. The molecule has 0 aliphatic rings. The van der Waals surface area contributed by atoms with E-state index in [1.165, 1.54) is 0 Å². The Kier molecular flexibility index (Phi) is 4.66. The lowest BCUT2D eigenvalue weighted by atomic mass is 10.0. The number of hydrogen-bond donors (Lipinski definition) is 2. The van der Waals surface area contributed by atoms with Gasteiger partial charge in [-0.3, -0.25) is 0 Å². The van der Waals surface area contributed by atoms with E-state index < -0.39 is 0 Å². The molecule has 0 heterocycles. The molecule has 0 radical (unpaired) electrons. The van der Waals surface area contributed by atoms with Crippen LogP contribution in [0.5, 0.6) is 0 Å². The van der Waals surface area contributed by atoms with Gasteiger partial charge in [0.05, 0.1) is 6.10 Å². The Hall–Kier alpha value is -1.71. The molecular weight excluding hydrogens is 254 g/mol. The number of rotatable bonds is 4. The van der Waals surface area contributed by atoms with E-state index in [2.05, 4.69) is 5.32 Å². The molecule has 2 aromatic rings. The molecule has 0 aliphatic carbocycles. The van der Waals surface area contributed by atoms with Crippen molar-refractivity contribution in [2.75, 3.05) is 5.32 Å². The monoisotopic (exact) mass is 271 g/mol. The zero-order valence-electron chi connectivity index (χ0n) is 10.8. The van der Waals surface area contributed by atoms with Crippen LogP contribution in [0.4, 0.5) is 5.69 Å². The zero-order chi connectivity index (χ0) is 13.7. The van der Waals surface area contributed by atoms with Gasteiger partial charge in [-0.05, 0) is 31.0 Å². The van der Waals surface area contributed by atoms with Crippen molar-refractivity contribution in [2.24, 2.45) is 0 Å². The van der Waals surface area contributed by atoms with Crippen molar-refractivity contribution in [1.82, 2.24) is 0 Å². The van der Waals surface area contributed by atoms with Gasteiger partial charge < -0.3 is 10.4 Å². The fourth-order valence-electron chi connectivity index (χ4n) is 1.96. The Morgan fingerprint density at radius 2 is 1.74 bits per heavy atom. The normalized spacial score (nSPS) is 11.9. The highest BCUT2D eigenvalue weighted by molar-refractivity contribution is 7.81. The Bertz CT molecular complexity index is 552. The van der Waals surface area contributed by atoms with Crippen molar-refractivity contribution in [2.45, 2.75) is 19.4 Å². The predicted molar refractivity (Wildman–Crippen MR) is 83.6 cm³/mol. The van der Waals surface area contributed by atoms with Crippen molar-refractivity contribution >= 4 is 22.9 Å². The number of nitrogens with one attached hydrogen (secondary N) is 1. The number of hydrogen-bond acceptors (Lipinski definition) is 2. The summed E-state index contributed by atoms with van der Waals surface area (Å²) in [4.78, 5) is 0.683. The second kappa shape index (κ2) is 6.45. The number of benzene rings is 2. The third kappa shape index (κ3) is 3.88. The molecule has 2 nitrogen and oxygen atoms in total. The molecule has 0 saturated carbocycles. The Morgan fingerprint density at radius 1 is 1.11 bits per heavy atom. The van der Waals surface area contributed by atoms with E-state index >= 15 is 0 Å². The van der Waals surface area contributed by atoms with Crippen LogP contribution in [0.15, 0.2) is 54.6 Å². The number of para-hydroxylation sites is 1. The highest BCUT2D eigenvalue weighted by Crippen LogP contribution is 2.15. The van der Waals surface area contributed by atoms with E-state index in [0.717, 1.165) is 16.8 Å². The van der Waals surface area contributed by atoms with E-state index in [4.69, 9.17) is 12.2 Å². The second-order valence-corrected chi connectivity index (χ2v) is 4.94. The molecule has 98 valence electrons. The molecule has 0 fully saturated rings. The van der Waals surface area contributed by atoms with E-state index in [9.17, 15) is 5.11 Å². The third-order valence-corrected chi connectivity index (χ3v) is 3.13. The lowest BCUT2D eigenvalue weighted by molar-refractivity contribution is 0.195. The maximum absolute atomic E-state index is 9.54. The van der Waals surface area contributed by atoms with Gasteiger partial charge in [0.1, 0.15) is 4.99 Å². The molecule has 0 bridgehead atoms. The summed E-state index contributed by atoms with van der Waals surface area (Å²) in [5.74, 6) is 0. The van der Waals surface area contributed by atoms with Crippen molar-refractivity contribution in [3.05, 3.63) is 65.7 Å². The number of thiocarbonyl (C=S) groups is 1. The first-order valence-corrected chi connectivity index (χ1v) is 6.70. The second-order valence-electron chi connectivity index (χ2n) is 4.53. The maximum Gasteiger partial charge on any atom is 0.111 e. The molecule has 0 aromatic heterocycles. The van der Waals surface area contributed by atoms with Gasteiger partial charge in [0, 0.05) is 11.3 Å². The quantitative estimate of drug-likeness (QED) is 0.836. The van der Waals surface area contributed by atoms with Crippen LogP contribution in [0.25, 0.3) is 0 Å². The molecule has 0 saturated heterocycles. The minimum absolute atomic E-state index is 0.374. The minimum atomic E-state index is -0.374. The summed E-state index contributed by atoms with van der Waals surface area (Å²) in [5.41, 5.74) is 3.01. The number of aliphatic hydroxyl groups excluding tert-OH is 1. The van der Waals surface area contributed by atoms with E-state index in [-0.39, 0.29) is 6.10 Å². The molecular formula is C16H17NOS. The summed E-state index contributed by atoms with van der Waals surface area (Å²) in [6.45, 7) is 1.78. The Morgan fingerprint density at radius 3 is 2.42 bits per heavy atom. The number of anilines is 1. The molecule has 2 rings (SSSR count). The van der Waals surface area contributed by atoms with Crippen LogP contribution >= 0.6 is 12.2 Å². The van der Waals surface area contributed by atoms with Gasteiger partial charge in [-0.1, -0.05) is 54.7 Å².